The van der Waals surface area contributed by atoms with Crippen LogP contribution in [-0.2, 0) is 0 Å². The van der Waals surface area contributed by atoms with E-state index in [0.29, 0.717) is 20.6 Å². The first-order chi connectivity index (χ1) is 8.02. The fourth-order valence-electron chi connectivity index (χ4n) is 1.65. The molecule has 0 saturated carbocycles. The van der Waals surface area contributed by atoms with Crippen LogP contribution in [0.15, 0.2) is 22.7 Å². The standard InChI is InChI=1S/C11H11BrFN3S/c1-6(2)16-10(14-15-11(16)17)7-4-3-5-8(13)9(7)12/h3-6H,1-2H3,(H,15,17). The smallest absolute Gasteiger partial charge is 0.195 e. The molecule has 0 aliphatic heterocycles. The van der Waals surface area contributed by atoms with Crippen molar-refractivity contribution in [3.63, 3.8) is 0 Å². The van der Waals surface area contributed by atoms with Crippen molar-refractivity contribution < 1.29 is 4.39 Å². The zero-order chi connectivity index (χ0) is 12.6. The van der Waals surface area contributed by atoms with Crippen molar-refractivity contribution in [2.24, 2.45) is 0 Å². The molecule has 1 N–H and O–H groups in total. The highest BCUT2D eigenvalue weighted by Gasteiger charge is 2.15. The number of aromatic amines is 1. The Balaban J connectivity index is 2.69. The molecule has 2 aromatic rings. The lowest BCUT2D eigenvalue weighted by Gasteiger charge is -2.11. The van der Waals surface area contributed by atoms with Gasteiger partial charge >= 0.3 is 0 Å². The molecule has 0 unspecified atom stereocenters. The van der Waals surface area contributed by atoms with Gasteiger partial charge in [-0.25, -0.2) is 4.39 Å². The maximum absolute atomic E-state index is 13.5. The van der Waals surface area contributed by atoms with Crippen LogP contribution in [0.5, 0.6) is 0 Å². The largest absolute Gasteiger partial charge is 0.298 e. The van der Waals surface area contributed by atoms with E-state index in [1.54, 1.807) is 12.1 Å². The van der Waals surface area contributed by atoms with Crippen molar-refractivity contribution in [1.29, 1.82) is 0 Å². The molecular weight excluding hydrogens is 305 g/mol. The van der Waals surface area contributed by atoms with Gasteiger partial charge in [0, 0.05) is 11.6 Å². The number of halogens is 2. The fourth-order valence-corrected chi connectivity index (χ4v) is 2.43. The minimum Gasteiger partial charge on any atom is -0.298 e. The molecule has 1 aromatic carbocycles. The van der Waals surface area contributed by atoms with Crippen molar-refractivity contribution in [3.05, 3.63) is 33.3 Å². The monoisotopic (exact) mass is 315 g/mol. The maximum Gasteiger partial charge on any atom is 0.195 e. The minimum absolute atomic E-state index is 0.159. The lowest BCUT2D eigenvalue weighted by atomic mass is 10.2. The molecule has 17 heavy (non-hydrogen) atoms. The van der Waals surface area contributed by atoms with E-state index >= 15 is 0 Å². The molecule has 0 saturated heterocycles. The summed E-state index contributed by atoms with van der Waals surface area (Å²) in [6.45, 7) is 4.00. The topological polar surface area (TPSA) is 33.6 Å². The van der Waals surface area contributed by atoms with Crippen molar-refractivity contribution in [1.82, 2.24) is 14.8 Å². The molecule has 0 spiro atoms. The van der Waals surface area contributed by atoms with Gasteiger partial charge in [0.25, 0.3) is 0 Å². The second-order valence-electron chi connectivity index (χ2n) is 3.92. The summed E-state index contributed by atoms with van der Waals surface area (Å²) in [5.41, 5.74) is 0.686. The molecule has 3 nitrogen and oxygen atoms in total. The van der Waals surface area contributed by atoms with Crippen molar-refractivity contribution in [3.8, 4) is 11.4 Å². The second-order valence-corrected chi connectivity index (χ2v) is 5.10. The molecule has 0 bridgehead atoms. The van der Waals surface area contributed by atoms with Gasteiger partial charge in [-0.1, -0.05) is 6.07 Å². The lowest BCUT2D eigenvalue weighted by Crippen LogP contribution is -2.04. The van der Waals surface area contributed by atoms with E-state index in [4.69, 9.17) is 12.2 Å². The van der Waals surface area contributed by atoms with Crippen LogP contribution in [0.1, 0.15) is 19.9 Å². The molecular formula is C11H11BrFN3S. The van der Waals surface area contributed by atoms with Crippen LogP contribution < -0.4 is 0 Å². The summed E-state index contributed by atoms with van der Waals surface area (Å²) in [6.07, 6.45) is 0. The predicted molar refractivity (Wildman–Crippen MR) is 70.9 cm³/mol. The molecule has 0 amide bonds. The van der Waals surface area contributed by atoms with Gasteiger partial charge in [-0.3, -0.25) is 9.67 Å². The molecule has 0 aliphatic carbocycles. The Kier molecular flexibility index (Phi) is 3.44. The Morgan fingerprint density at radius 3 is 2.82 bits per heavy atom. The number of nitrogens with zero attached hydrogens (tertiary/aromatic N) is 2. The number of rotatable bonds is 2. The van der Waals surface area contributed by atoms with Gasteiger partial charge in [0.05, 0.1) is 4.47 Å². The van der Waals surface area contributed by atoms with Gasteiger partial charge in [0.1, 0.15) is 5.82 Å². The fraction of sp³-hybridized carbons (Fsp3) is 0.273. The Bertz CT molecular complexity index is 603. The molecule has 0 fully saturated rings. The Hall–Kier alpha value is -1.01. The molecule has 6 heteroatoms. The first-order valence-electron chi connectivity index (χ1n) is 5.13. The summed E-state index contributed by atoms with van der Waals surface area (Å²) in [7, 11) is 0. The zero-order valence-corrected chi connectivity index (χ0v) is 11.8. The van der Waals surface area contributed by atoms with E-state index in [0.717, 1.165) is 0 Å². The molecule has 2 rings (SSSR count). The van der Waals surface area contributed by atoms with Crippen LogP contribution in [0, 0.1) is 10.6 Å². The summed E-state index contributed by atoms with van der Waals surface area (Å²) in [6, 6.07) is 5.01. The third-order valence-corrected chi connectivity index (χ3v) is 3.51. The van der Waals surface area contributed by atoms with E-state index in [-0.39, 0.29) is 11.9 Å². The Labute approximate surface area is 112 Å². The maximum atomic E-state index is 13.5. The number of benzene rings is 1. The Morgan fingerprint density at radius 2 is 2.18 bits per heavy atom. The summed E-state index contributed by atoms with van der Waals surface area (Å²) in [5.74, 6) is 0.322. The quantitative estimate of drug-likeness (QED) is 0.847. The molecule has 0 aliphatic rings. The van der Waals surface area contributed by atoms with Crippen LogP contribution in [0.2, 0.25) is 0 Å². The van der Waals surface area contributed by atoms with E-state index in [2.05, 4.69) is 26.1 Å². The van der Waals surface area contributed by atoms with Crippen LogP contribution in [0.3, 0.4) is 0 Å². The summed E-state index contributed by atoms with van der Waals surface area (Å²) in [5, 5.41) is 6.89. The van der Waals surface area contributed by atoms with Gasteiger partial charge in [-0.05, 0) is 54.1 Å². The number of nitrogens with one attached hydrogen (secondary N) is 1. The zero-order valence-electron chi connectivity index (χ0n) is 9.37. The molecule has 1 heterocycles. The summed E-state index contributed by atoms with van der Waals surface area (Å²) >= 11 is 8.39. The van der Waals surface area contributed by atoms with Gasteiger partial charge in [0.15, 0.2) is 10.6 Å². The Morgan fingerprint density at radius 1 is 1.47 bits per heavy atom. The van der Waals surface area contributed by atoms with E-state index in [1.807, 2.05) is 18.4 Å². The predicted octanol–water partition coefficient (Wildman–Crippen LogP) is 4.09. The van der Waals surface area contributed by atoms with Crippen LogP contribution in [0.4, 0.5) is 4.39 Å². The number of H-pyrrole nitrogens is 1. The molecule has 0 radical (unpaired) electrons. The number of hydrogen-bond donors (Lipinski definition) is 1. The highest BCUT2D eigenvalue weighted by molar-refractivity contribution is 9.10. The first-order valence-corrected chi connectivity index (χ1v) is 6.33. The molecule has 0 atom stereocenters. The summed E-state index contributed by atoms with van der Waals surface area (Å²) < 4.78 is 16.3. The van der Waals surface area contributed by atoms with E-state index < -0.39 is 0 Å². The van der Waals surface area contributed by atoms with Gasteiger partial charge in [-0.2, -0.15) is 5.10 Å². The van der Waals surface area contributed by atoms with Crippen LogP contribution >= 0.6 is 28.1 Å². The highest BCUT2D eigenvalue weighted by atomic mass is 79.9. The highest BCUT2D eigenvalue weighted by Crippen LogP contribution is 2.30. The second kappa shape index (κ2) is 4.70. The molecule has 90 valence electrons. The lowest BCUT2D eigenvalue weighted by molar-refractivity contribution is 0.594. The third kappa shape index (κ3) is 2.19. The van der Waals surface area contributed by atoms with E-state index in [1.165, 1.54) is 6.07 Å². The minimum atomic E-state index is -0.313. The normalized spacial score (nSPS) is 11.1. The van der Waals surface area contributed by atoms with Crippen molar-refractivity contribution in [2.75, 3.05) is 0 Å². The average Bonchev–Trinajstić information content (AvgIpc) is 2.64. The van der Waals surface area contributed by atoms with Crippen LogP contribution in [-0.4, -0.2) is 14.8 Å². The van der Waals surface area contributed by atoms with Gasteiger partial charge in [-0.15, -0.1) is 0 Å². The number of aromatic nitrogens is 3. The average molecular weight is 316 g/mol. The molecule has 1 aromatic heterocycles. The first kappa shape index (κ1) is 12.4. The van der Waals surface area contributed by atoms with Gasteiger partial charge in [0.2, 0.25) is 0 Å². The third-order valence-electron chi connectivity index (χ3n) is 2.41. The van der Waals surface area contributed by atoms with Crippen molar-refractivity contribution >= 4 is 28.1 Å². The van der Waals surface area contributed by atoms with E-state index in [9.17, 15) is 4.39 Å². The summed E-state index contributed by atoms with van der Waals surface area (Å²) in [4.78, 5) is 0. The van der Waals surface area contributed by atoms with Gasteiger partial charge < -0.3 is 0 Å². The van der Waals surface area contributed by atoms with Crippen LogP contribution in [0.25, 0.3) is 11.4 Å². The number of hydrogen-bond acceptors (Lipinski definition) is 2. The SMILES string of the molecule is CC(C)n1c(-c2cccc(F)c2Br)n[nH]c1=S. The van der Waals surface area contributed by atoms with Crippen molar-refractivity contribution in [2.45, 2.75) is 19.9 Å².